The average Bonchev–Trinajstić information content (AvgIpc) is 2.75. The maximum atomic E-state index is 10.4. The lowest BCUT2D eigenvalue weighted by molar-refractivity contribution is -0.130. The molecule has 1 atom stereocenters. The zero-order valence-corrected chi connectivity index (χ0v) is 10.9. The molecule has 0 aliphatic carbocycles. The Morgan fingerprint density at radius 3 is 2.11 bits per heavy atom. The van der Waals surface area contributed by atoms with E-state index in [2.05, 4.69) is 16.7 Å². The Hall–Kier alpha value is -2.00. The van der Waals surface area contributed by atoms with Gasteiger partial charge in [-0.25, -0.2) is 0 Å². The predicted octanol–water partition coefficient (Wildman–Crippen LogP) is 3.53. The number of halogens is 1. The van der Waals surface area contributed by atoms with Crippen LogP contribution in [0.2, 0.25) is 0 Å². The van der Waals surface area contributed by atoms with Gasteiger partial charge in [0.25, 0.3) is 6.47 Å². The van der Waals surface area contributed by atoms with Crippen molar-refractivity contribution >= 4 is 39.9 Å². The van der Waals surface area contributed by atoms with E-state index in [-0.39, 0.29) is 0 Å². The van der Waals surface area contributed by atoms with Crippen LogP contribution in [-0.2, 0) is 16.1 Å². The third-order valence-electron chi connectivity index (χ3n) is 3.21. The van der Waals surface area contributed by atoms with Crippen LogP contribution in [0.1, 0.15) is 0 Å². The Bertz CT molecular complexity index is 682. The van der Waals surface area contributed by atoms with Crippen LogP contribution in [-0.4, -0.2) is 16.6 Å². The first-order valence-corrected chi connectivity index (χ1v) is 6.44. The van der Waals surface area contributed by atoms with Crippen molar-refractivity contribution in [3.63, 3.8) is 0 Å². The predicted molar refractivity (Wildman–Crippen MR) is 76.2 cm³/mol. The summed E-state index contributed by atoms with van der Waals surface area (Å²) in [6.45, 7) is 0.805. The molecule has 3 rings (SSSR count). The Morgan fingerprint density at radius 1 is 1.05 bits per heavy atom. The van der Waals surface area contributed by atoms with E-state index in [9.17, 15) is 4.79 Å². The monoisotopic (exact) mass is 273 g/mol. The van der Waals surface area contributed by atoms with Crippen molar-refractivity contribution in [2.45, 2.75) is 12.1 Å². The van der Waals surface area contributed by atoms with Gasteiger partial charge in [0.2, 0.25) is 0 Å². The van der Waals surface area contributed by atoms with Gasteiger partial charge in [-0.15, -0.1) is 0 Å². The number of carbonyl (C=O) groups is 1. The van der Waals surface area contributed by atoms with Gasteiger partial charge in [0, 0.05) is 21.8 Å². The minimum atomic E-state index is -0.670. The van der Waals surface area contributed by atoms with Gasteiger partial charge >= 0.3 is 0 Å². The molecule has 0 aliphatic heterocycles. The fourth-order valence-electron chi connectivity index (χ4n) is 2.45. The van der Waals surface area contributed by atoms with E-state index in [0.717, 1.165) is 11.0 Å². The number of para-hydroxylation sites is 2. The van der Waals surface area contributed by atoms with Gasteiger partial charge in [0.05, 0.1) is 6.54 Å². The van der Waals surface area contributed by atoms with Crippen LogP contribution in [0.4, 0.5) is 0 Å². The lowest BCUT2D eigenvalue weighted by Gasteiger charge is -2.11. The smallest absolute Gasteiger partial charge is 0.294 e. The van der Waals surface area contributed by atoms with Gasteiger partial charge in [-0.1, -0.05) is 48.0 Å². The first kappa shape index (κ1) is 12.1. The van der Waals surface area contributed by atoms with E-state index in [1.54, 1.807) is 0 Å². The minimum absolute atomic E-state index is 0.381. The molecule has 1 unspecified atom stereocenters. The average molecular weight is 274 g/mol. The molecule has 2 aromatic carbocycles. The molecule has 3 aromatic rings. The van der Waals surface area contributed by atoms with Crippen molar-refractivity contribution in [2.24, 2.45) is 0 Å². The molecule has 0 fully saturated rings. The first-order chi connectivity index (χ1) is 9.31. The number of fused-ring (bicyclic) bond motifs is 3. The number of hydrogen-bond acceptors (Lipinski definition) is 2. The molecule has 0 amide bonds. The summed E-state index contributed by atoms with van der Waals surface area (Å²) in [5.74, 6) is 0. The van der Waals surface area contributed by atoms with Crippen LogP contribution in [0.25, 0.3) is 21.8 Å². The summed E-state index contributed by atoms with van der Waals surface area (Å²) in [7, 11) is 0. The van der Waals surface area contributed by atoms with Crippen molar-refractivity contribution in [3.05, 3.63) is 48.5 Å². The van der Waals surface area contributed by atoms with Crippen molar-refractivity contribution in [2.75, 3.05) is 0 Å². The summed E-state index contributed by atoms with van der Waals surface area (Å²) in [6, 6.07) is 16.2. The van der Waals surface area contributed by atoms with E-state index in [4.69, 9.17) is 16.3 Å². The fraction of sp³-hybridized carbons (Fsp3) is 0.133. The zero-order valence-electron chi connectivity index (χ0n) is 10.1. The van der Waals surface area contributed by atoms with E-state index in [0.29, 0.717) is 13.0 Å². The van der Waals surface area contributed by atoms with Crippen molar-refractivity contribution in [3.8, 4) is 0 Å². The SMILES string of the molecule is O=COC(Cl)Cn1c2ccccc2c2ccccc21. The van der Waals surface area contributed by atoms with Crippen molar-refractivity contribution < 1.29 is 9.53 Å². The molecule has 0 spiro atoms. The second-order valence-corrected chi connectivity index (χ2v) is 4.77. The summed E-state index contributed by atoms with van der Waals surface area (Å²) in [6.07, 6.45) is 0. The number of ether oxygens (including phenoxy) is 1. The van der Waals surface area contributed by atoms with Crippen LogP contribution >= 0.6 is 11.6 Å². The van der Waals surface area contributed by atoms with E-state index >= 15 is 0 Å². The van der Waals surface area contributed by atoms with E-state index in [1.807, 2.05) is 36.4 Å². The molecule has 0 saturated carbocycles. The number of alkyl halides is 1. The largest absolute Gasteiger partial charge is 0.446 e. The van der Waals surface area contributed by atoms with Crippen LogP contribution in [0.5, 0.6) is 0 Å². The molecule has 1 aromatic heterocycles. The maximum Gasteiger partial charge on any atom is 0.294 e. The summed E-state index contributed by atoms with van der Waals surface area (Å²) in [4.78, 5) is 10.4. The van der Waals surface area contributed by atoms with Gasteiger partial charge in [-0.2, -0.15) is 0 Å². The number of carbonyl (C=O) groups excluding carboxylic acids is 1. The third kappa shape index (κ3) is 2.06. The highest BCUT2D eigenvalue weighted by molar-refractivity contribution is 6.20. The molecule has 0 bridgehead atoms. The molecule has 0 radical (unpaired) electrons. The molecule has 3 nitrogen and oxygen atoms in total. The topological polar surface area (TPSA) is 31.2 Å². The highest BCUT2D eigenvalue weighted by atomic mass is 35.5. The van der Waals surface area contributed by atoms with E-state index in [1.165, 1.54) is 10.8 Å². The Kier molecular flexibility index (Phi) is 3.13. The highest BCUT2D eigenvalue weighted by Gasteiger charge is 2.13. The second-order valence-electron chi connectivity index (χ2n) is 4.29. The van der Waals surface area contributed by atoms with E-state index < -0.39 is 5.56 Å². The normalized spacial score (nSPS) is 12.7. The van der Waals surface area contributed by atoms with Gasteiger partial charge in [-0.05, 0) is 12.1 Å². The van der Waals surface area contributed by atoms with Crippen LogP contribution in [0.3, 0.4) is 0 Å². The minimum Gasteiger partial charge on any atom is -0.446 e. The molecule has 0 saturated heterocycles. The molecule has 4 heteroatoms. The maximum absolute atomic E-state index is 10.4. The molecular formula is C15H12ClNO2. The number of nitrogens with zero attached hydrogens (tertiary/aromatic N) is 1. The molecule has 1 heterocycles. The van der Waals surface area contributed by atoms with Gasteiger partial charge in [-0.3, -0.25) is 4.79 Å². The second kappa shape index (κ2) is 4.94. The summed E-state index contributed by atoms with van der Waals surface area (Å²) >= 11 is 6.00. The highest BCUT2D eigenvalue weighted by Crippen LogP contribution is 2.29. The van der Waals surface area contributed by atoms with Crippen molar-refractivity contribution in [1.82, 2.24) is 4.57 Å². The van der Waals surface area contributed by atoms with Gasteiger partial charge < -0.3 is 9.30 Å². The number of benzene rings is 2. The quantitative estimate of drug-likeness (QED) is 0.538. The zero-order chi connectivity index (χ0) is 13.2. The number of hydrogen-bond donors (Lipinski definition) is 0. The Morgan fingerprint density at radius 2 is 1.58 bits per heavy atom. The lowest BCUT2D eigenvalue weighted by atomic mass is 10.2. The Labute approximate surface area is 115 Å². The fourth-order valence-corrected chi connectivity index (χ4v) is 2.63. The Balaban J connectivity index is 2.21. The van der Waals surface area contributed by atoms with Gasteiger partial charge in [0.1, 0.15) is 0 Å². The molecule has 96 valence electrons. The van der Waals surface area contributed by atoms with Crippen molar-refractivity contribution in [1.29, 1.82) is 0 Å². The van der Waals surface area contributed by atoms with Crippen LogP contribution < -0.4 is 0 Å². The standard InChI is InChI=1S/C15H12ClNO2/c16-15(19-10-18)9-17-13-7-3-1-5-11(13)12-6-2-4-8-14(12)17/h1-8,10,15H,9H2. The molecule has 0 N–H and O–H groups in total. The third-order valence-corrected chi connectivity index (χ3v) is 3.45. The number of aromatic nitrogens is 1. The summed E-state index contributed by atoms with van der Waals surface area (Å²) in [5.41, 5.74) is 1.50. The first-order valence-electron chi connectivity index (χ1n) is 6.00. The lowest BCUT2D eigenvalue weighted by Crippen LogP contribution is -2.13. The van der Waals surface area contributed by atoms with Crippen LogP contribution in [0, 0.1) is 0 Å². The van der Waals surface area contributed by atoms with Crippen LogP contribution in [0.15, 0.2) is 48.5 Å². The molecule has 19 heavy (non-hydrogen) atoms. The van der Waals surface area contributed by atoms with Gasteiger partial charge in [0.15, 0.2) is 5.56 Å². The number of rotatable bonds is 4. The summed E-state index contributed by atoms with van der Waals surface area (Å²) < 4.78 is 6.85. The molecule has 0 aliphatic rings. The summed E-state index contributed by atoms with van der Waals surface area (Å²) in [5, 5.41) is 2.35. The molecular weight excluding hydrogens is 262 g/mol.